The molecule has 3 rings (SSSR count). The van der Waals surface area contributed by atoms with Crippen molar-refractivity contribution in [3.8, 4) is 11.6 Å². The van der Waals surface area contributed by atoms with Gasteiger partial charge in [0.2, 0.25) is 5.88 Å². The normalized spacial score (nSPS) is 11.0. The lowest BCUT2D eigenvalue weighted by Crippen LogP contribution is -2.25. The van der Waals surface area contributed by atoms with Gasteiger partial charge in [0.1, 0.15) is 0 Å². The lowest BCUT2D eigenvalue weighted by Gasteiger charge is -2.10. The second kappa shape index (κ2) is 7.51. The van der Waals surface area contributed by atoms with Gasteiger partial charge >= 0.3 is 5.69 Å². The molecule has 7 heteroatoms. The van der Waals surface area contributed by atoms with Crippen molar-refractivity contribution in [1.82, 2.24) is 14.6 Å². The molecule has 1 amide bonds. The van der Waals surface area contributed by atoms with E-state index in [-0.39, 0.29) is 24.0 Å². The molecule has 1 aromatic heterocycles. The summed E-state index contributed by atoms with van der Waals surface area (Å²) >= 11 is 0. The number of imidazole rings is 1. The van der Waals surface area contributed by atoms with Crippen LogP contribution < -0.4 is 11.2 Å². The van der Waals surface area contributed by atoms with E-state index in [2.05, 4.69) is 0 Å². The second-order valence-electron chi connectivity index (χ2n) is 6.54. The predicted molar refractivity (Wildman–Crippen MR) is 101 cm³/mol. The molecule has 0 saturated heterocycles. The molecule has 0 atom stereocenters. The van der Waals surface area contributed by atoms with Gasteiger partial charge < -0.3 is 5.11 Å². The van der Waals surface area contributed by atoms with Crippen LogP contribution in [0.25, 0.3) is 5.69 Å². The van der Waals surface area contributed by atoms with Crippen molar-refractivity contribution in [2.75, 3.05) is 0 Å². The molecular formula is C20H21N3O4. The largest absolute Gasteiger partial charge is 0.493 e. The van der Waals surface area contributed by atoms with Crippen molar-refractivity contribution in [2.24, 2.45) is 0 Å². The molecule has 0 bridgehead atoms. The number of amides is 1. The predicted octanol–water partition coefficient (Wildman–Crippen LogP) is 2.64. The van der Waals surface area contributed by atoms with Crippen LogP contribution in [0.1, 0.15) is 41.4 Å². The Hall–Kier alpha value is -3.32. The van der Waals surface area contributed by atoms with Crippen LogP contribution in [0.4, 0.5) is 0 Å². The van der Waals surface area contributed by atoms with Gasteiger partial charge in [-0.15, -0.1) is 0 Å². The van der Waals surface area contributed by atoms with E-state index in [1.807, 2.05) is 19.9 Å². The van der Waals surface area contributed by atoms with Gasteiger partial charge in [-0.2, -0.15) is 0 Å². The minimum absolute atomic E-state index is 0.0675. The first-order chi connectivity index (χ1) is 12.9. The molecule has 0 unspecified atom stereocenters. The fraction of sp³-hybridized carbons (Fsp3) is 0.200. The maximum absolute atomic E-state index is 13.0. The molecule has 0 spiro atoms. The average Bonchev–Trinajstić information content (AvgIpc) is 2.92. The Morgan fingerprint density at radius 2 is 1.70 bits per heavy atom. The number of rotatable bonds is 5. The lowest BCUT2D eigenvalue weighted by atomic mass is 10.1. The zero-order valence-corrected chi connectivity index (χ0v) is 15.1. The van der Waals surface area contributed by atoms with Crippen LogP contribution in [-0.4, -0.2) is 25.4 Å². The monoisotopic (exact) mass is 367 g/mol. The lowest BCUT2D eigenvalue weighted by molar-refractivity contribution is 0.0706. The Balaban J connectivity index is 2.05. The van der Waals surface area contributed by atoms with Crippen LogP contribution >= 0.6 is 0 Å². The smallest absolute Gasteiger partial charge is 0.336 e. The van der Waals surface area contributed by atoms with Crippen molar-refractivity contribution < 1.29 is 15.1 Å². The van der Waals surface area contributed by atoms with E-state index in [0.29, 0.717) is 16.9 Å². The summed E-state index contributed by atoms with van der Waals surface area (Å²) in [4.78, 5) is 24.4. The summed E-state index contributed by atoms with van der Waals surface area (Å²) in [5.74, 6) is -0.742. The van der Waals surface area contributed by atoms with Crippen molar-refractivity contribution in [2.45, 2.75) is 26.3 Å². The minimum atomic E-state index is -0.602. The Kier molecular flexibility index (Phi) is 5.14. The number of carbonyl (C=O) groups excluding carboxylic acids is 1. The number of carbonyl (C=O) groups is 1. The molecule has 0 saturated carbocycles. The number of hydrogen-bond acceptors (Lipinski definition) is 4. The number of hydroxylamine groups is 1. The van der Waals surface area contributed by atoms with E-state index in [0.717, 1.165) is 5.56 Å². The maximum Gasteiger partial charge on any atom is 0.336 e. The van der Waals surface area contributed by atoms with Crippen molar-refractivity contribution in [1.29, 1.82) is 0 Å². The molecule has 7 nitrogen and oxygen atoms in total. The van der Waals surface area contributed by atoms with Gasteiger partial charge in [-0.1, -0.05) is 44.2 Å². The summed E-state index contributed by atoms with van der Waals surface area (Å²) in [7, 11) is 0. The van der Waals surface area contributed by atoms with Crippen LogP contribution in [0.15, 0.2) is 59.4 Å². The molecule has 0 fully saturated rings. The number of para-hydroxylation sites is 1. The van der Waals surface area contributed by atoms with Crippen LogP contribution in [0, 0.1) is 0 Å². The van der Waals surface area contributed by atoms with Gasteiger partial charge in [0.05, 0.1) is 17.9 Å². The second-order valence-corrected chi connectivity index (χ2v) is 6.54. The Labute approximate surface area is 156 Å². The van der Waals surface area contributed by atoms with Crippen molar-refractivity contribution in [3.63, 3.8) is 0 Å². The first kappa shape index (κ1) is 18.5. The zero-order chi connectivity index (χ0) is 19.6. The zero-order valence-electron chi connectivity index (χ0n) is 15.1. The third-order valence-corrected chi connectivity index (χ3v) is 4.37. The fourth-order valence-corrected chi connectivity index (χ4v) is 3.09. The first-order valence-corrected chi connectivity index (χ1v) is 8.57. The summed E-state index contributed by atoms with van der Waals surface area (Å²) in [5, 5.41) is 19.4. The molecule has 140 valence electrons. The highest BCUT2D eigenvalue weighted by Crippen LogP contribution is 2.27. The average molecular weight is 367 g/mol. The minimum Gasteiger partial charge on any atom is -0.493 e. The highest BCUT2D eigenvalue weighted by molar-refractivity contribution is 5.93. The topological polar surface area (TPSA) is 96.5 Å². The van der Waals surface area contributed by atoms with Gasteiger partial charge in [0.15, 0.2) is 0 Å². The van der Waals surface area contributed by atoms with Crippen LogP contribution in [0.5, 0.6) is 5.88 Å². The molecule has 2 aromatic carbocycles. The van der Waals surface area contributed by atoms with E-state index < -0.39 is 5.91 Å². The summed E-state index contributed by atoms with van der Waals surface area (Å²) in [5.41, 5.74) is 3.48. The number of aromatic nitrogens is 2. The highest BCUT2D eigenvalue weighted by Gasteiger charge is 2.22. The van der Waals surface area contributed by atoms with Crippen LogP contribution in [0.2, 0.25) is 0 Å². The molecule has 0 aliphatic heterocycles. The van der Waals surface area contributed by atoms with E-state index in [1.165, 1.54) is 9.13 Å². The Bertz CT molecular complexity index is 1000. The van der Waals surface area contributed by atoms with Crippen molar-refractivity contribution in [3.05, 3.63) is 81.9 Å². The van der Waals surface area contributed by atoms with E-state index in [1.54, 1.807) is 54.0 Å². The number of nitrogens with zero attached hydrogens (tertiary/aromatic N) is 2. The highest BCUT2D eigenvalue weighted by atomic mass is 16.5. The van der Waals surface area contributed by atoms with Crippen LogP contribution in [-0.2, 0) is 6.54 Å². The summed E-state index contributed by atoms with van der Waals surface area (Å²) in [6.07, 6.45) is 0. The Morgan fingerprint density at radius 3 is 2.26 bits per heavy atom. The molecular weight excluding hydrogens is 346 g/mol. The third kappa shape index (κ3) is 3.50. The maximum atomic E-state index is 13.0. The third-order valence-electron chi connectivity index (χ3n) is 4.37. The molecule has 0 aliphatic carbocycles. The van der Waals surface area contributed by atoms with Gasteiger partial charge in [-0.3, -0.25) is 14.6 Å². The van der Waals surface area contributed by atoms with Crippen molar-refractivity contribution >= 4 is 5.91 Å². The SMILES string of the molecule is CC(C)c1c(O)n(-c2ccccc2)c(=O)n1Cc1ccc(C(=O)NO)cc1. The van der Waals surface area contributed by atoms with Gasteiger partial charge in [-0.05, 0) is 35.7 Å². The van der Waals surface area contributed by atoms with E-state index in [4.69, 9.17) is 5.21 Å². The van der Waals surface area contributed by atoms with Gasteiger partial charge in [0, 0.05) is 5.56 Å². The number of benzene rings is 2. The number of hydrogen-bond donors (Lipinski definition) is 3. The Morgan fingerprint density at radius 1 is 1.07 bits per heavy atom. The fourth-order valence-electron chi connectivity index (χ4n) is 3.09. The standard InChI is InChI=1S/C20H21N3O4/c1-13(2)17-19(25)23(16-6-4-3-5-7-16)20(26)22(17)12-14-8-10-15(11-9-14)18(24)21-27/h3-11,13,25,27H,12H2,1-2H3,(H,21,24). The van der Waals surface area contributed by atoms with Gasteiger partial charge in [0.25, 0.3) is 5.91 Å². The molecule has 3 aromatic rings. The number of aromatic hydroxyl groups is 1. The van der Waals surface area contributed by atoms with Gasteiger partial charge in [-0.25, -0.2) is 14.8 Å². The van der Waals surface area contributed by atoms with E-state index >= 15 is 0 Å². The molecule has 27 heavy (non-hydrogen) atoms. The molecule has 0 radical (unpaired) electrons. The molecule has 1 heterocycles. The number of nitrogens with one attached hydrogen (secondary N) is 1. The van der Waals surface area contributed by atoms with Crippen LogP contribution in [0.3, 0.4) is 0 Å². The molecule has 3 N–H and O–H groups in total. The quantitative estimate of drug-likeness (QED) is 0.477. The summed E-state index contributed by atoms with van der Waals surface area (Å²) < 4.78 is 2.83. The van der Waals surface area contributed by atoms with E-state index in [9.17, 15) is 14.7 Å². The summed E-state index contributed by atoms with van der Waals surface area (Å²) in [6.45, 7) is 4.07. The first-order valence-electron chi connectivity index (χ1n) is 8.57. The summed E-state index contributed by atoms with van der Waals surface area (Å²) in [6, 6.07) is 15.5. The molecule has 0 aliphatic rings.